The fourth-order valence-corrected chi connectivity index (χ4v) is 1.48. The third-order valence-electron chi connectivity index (χ3n) is 2.13. The van der Waals surface area contributed by atoms with Gasteiger partial charge in [0, 0.05) is 10.9 Å². The largest absolute Gasteiger partial charge is 0.352 e. The molecule has 4 nitrogen and oxygen atoms in total. The van der Waals surface area contributed by atoms with Gasteiger partial charge in [-0.15, -0.1) is 0 Å². The van der Waals surface area contributed by atoms with Crippen LogP contribution in [0.2, 0.25) is 0 Å². The lowest BCUT2D eigenvalue weighted by Gasteiger charge is -1.85. The maximum Gasteiger partial charge on any atom is 0.218 e. The number of hydrogen-bond acceptors (Lipinski definition) is 3. The number of para-hydroxylation sites is 1. The highest BCUT2D eigenvalue weighted by Crippen LogP contribution is 2.20. The molecule has 0 radical (unpaired) electrons. The van der Waals surface area contributed by atoms with Crippen molar-refractivity contribution >= 4 is 10.9 Å². The van der Waals surface area contributed by atoms with Gasteiger partial charge < -0.3 is 9.51 Å². The Morgan fingerprint density at radius 3 is 2.93 bits per heavy atom. The van der Waals surface area contributed by atoms with E-state index in [-0.39, 0.29) is 0 Å². The van der Waals surface area contributed by atoms with Gasteiger partial charge in [0.15, 0.2) is 0 Å². The van der Waals surface area contributed by atoms with Crippen LogP contribution >= 0.6 is 0 Å². The zero-order chi connectivity index (χ0) is 9.38. The van der Waals surface area contributed by atoms with Gasteiger partial charge in [-0.05, 0) is 12.1 Å². The first-order valence-corrected chi connectivity index (χ1v) is 4.28. The minimum atomic E-state index is 0.584. The first kappa shape index (κ1) is 7.32. The number of benzene rings is 1. The number of nitrogens with zero attached hydrogens (tertiary/aromatic N) is 2. The van der Waals surface area contributed by atoms with E-state index < -0.39 is 0 Å². The lowest BCUT2D eigenvalue weighted by atomic mass is 10.2. The molecule has 2 heterocycles. The summed E-state index contributed by atoms with van der Waals surface area (Å²) in [5, 5.41) is 4.91. The van der Waals surface area contributed by atoms with E-state index in [1.807, 2.05) is 30.3 Å². The molecule has 0 amide bonds. The number of nitrogens with one attached hydrogen (secondary N) is 1. The van der Waals surface area contributed by atoms with E-state index >= 15 is 0 Å². The van der Waals surface area contributed by atoms with Gasteiger partial charge in [0.1, 0.15) is 0 Å². The minimum Gasteiger partial charge on any atom is -0.352 e. The summed E-state index contributed by atoms with van der Waals surface area (Å²) in [7, 11) is 0. The Labute approximate surface area is 79.6 Å². The van der Waals surface area contributed by atoms with Gasteiger partial charge in [0.05, 0.1) is 5.69 Å². The second kappa shape index (κ2) is 2.70. The number of rotatable bonds is 1. The molecule has 3 aromatic rings. The van der Waals surface area contributed by atoms with Crippen LogP contribution < -0.4 is 0 Å². The van der Waals surface area contributed by atoms with Gasteiger partial charge in [0.2, 0.25) is 12.2 Å². The van der Waals surface area contributed by atoms with Crippen molar-refractivity contribution in [3.63, 3.8) is 0 Å². The van der Waals surface area contributed by atoms with Crippen molar-refractivity contribution in [1.82, 2.24) is 15.1 Å². The summed E-state index contributed by atoms with van der Waals surface area (Å²) in [6.45, 7) is 0. The molecule has 0 aliphatic rings. The summed E-state index contributed by atoms with van der Waals surface area (Å²) >= 11 is 0. The van der Waals surface area contributed by atoms with Crippen LogP contribution in [0.3, 0.4) is 0 Å². The first-order valence-electron chi connectivity index (χ1n) is 4.28. The van der Waals surface area contributed by atoms with Gasteiger partial charge in [-0.2, -0.15) is 4.98 Å². The monoisotopic (exact) mass is 185 g/mol. The van der Waals surface area contributed by atoms with Crippen molar-refractivity contribution in [2.45, 2.75) is 0 Å². The standard InChI is InChI=1S/C10H7N3O/c1-2-4-8-7(3-1)5-9(12-8)10-11-6-14-13-10/h1-6,12H. The van der Waals surface area contributed by atoms with Crippen LogP contribution in [0.1, 0.15) is 0 Å². The molecule has 1 aromatic carbocycles. The van der Waals surface area contributed by atoms with Crippen molar-refractivity contribution in [3.8, 4) is 11.5 Å². The Morgan fingerprint density at radius 2 is 2.14 bits per heavy atom. The van der Waals surface area contributed by atoms with Gasteiger partial charge in [-0.3, -0.25) is 0 Å². The molecule has 0 saturated carbocycles. The molecule has 0 aliphatic carbocycles. The lowest BCUT2D eigenvalue weighted by molar-refractivity contribution is 0.418. The van der Waals surface area contributed by atoms with E-state index in [1.54, 1.807) is 0 Å². The van der Waals surface area contributed by atoms with Crippen molar-refractivity contribution in [1.29, 1.82) is 0 Å². The van der Waals surface area contributed by atoms with Crippen LogP contribution in [-0.4, -0.2) is 15.1 Å². The Hall–Kier alpha value is -2.10. The smallest absolute Gasteiger partial charge is 0.218 e. The molecular weight excluding hydrogens is 178 g/mol. The van der Waals surface area contributed by atoms with E-state index in [2.05, 4.69) is 19.6 Å². The van der Waals surface area contributed by atoms with Crippen LogP contribution in [0.15, 0.2) is 41.2 Å². The first-order chi connectivity index (χ1) is 6.93. The van der Waals surface area contributed by atoms with Crippen molar-refractivity contribution in [2.75, 3.05) is 0 Å². The zero-order valence-electron chi connectivity index (χ0n) is 7.27. The SMILES string of the molecule is c1ccc2[nH]c(-c3ncon3)cc2c1. The Bertz CT molecular complexity index is 521. The number of aromatic amines is 1. The summed E-state index contributed by atoms with van der Waals surface area (Å²) in [6.07, 6.45) is 1.32. The minimum absolute atomic E-state index is 0.584. The topological polar surface area (TPSA) is 54.7 Å². The third-order valence-corrected chi connectivity index (χ3v) is 2.13. The van der Waals surface area contributed by atoms with E-state index in [1.165, 1.54) is 6.39 Å². The van der Waals surface area contributed by atoms with Crippen molar-refractivity contribution in [2.24, 2.45) is 0 Å². The average molecular weight is 185 g/mol. The van der Waals surface area contributed by atoms with Gasteiger partial charge in [-0.1, -0.05) is 23.4 Å². The summed E-state index contributed by atoms with van der Waals surface area (Å²) in [5.41, 5.74) is 1.95. The molecule has 68 valence electrons. The molecular formula is C10H7N3O. The van der Waals surface area contributed by atoms with Crippen LogP contribution in [0.5, 0.6) is 0 Å². The predicted octanol–water partition coefficient (Wildman–Crippen LogP) is 2.22. The Morgan fingerprint density at radius 1 is 1.21 bits per heavy atom. The molecule has 0 bridgehead atoms. The second-order valence-electron chi connectivity index (χ2n) is 3.03. The second-order valence-corrected chi connectivity index (χ2v) is 3.03. The molecule has 0 spiro atoms. The maximum atomic E-state index is 4.68. The van der Waals surface area contributed by atoms with Crippen molar-refractivity contribution < 1.29 is 4.52 Å². The molecule has 14 heavy (non-hydrogen) atoms. The Kier molecular flexibility index (Phi) is 1.41. The fourth-order valence-electron chi connectivity index (χ4n) is 1.48. The molecule has 4 heteroatoms. The number of hydrogen-bond donors (Lipinski definition) is 1. The van der Waals surface area contributed by atoms with E-state index in [9.17, 15) is 0 Å². The normalized spacial score (nSPS) is 10.9. The van der Waals surface area contributed by atoms with Gasteiger partial charge in [0.25, 0.3) is 0 Å². The lowest BCUT2D eigenvalue weighted by Crippen LogP contribution is -1.77. The molecule has 2 aromatic heterocycles. The van der Waals surface area contributed by atoms with E-state index in [0.29, 0.717) is 5.82 Å². The molecule has 0 atom stereocenters. The molecule has 0 aliphatic heterocycles. The van der Waals surface area contributed by atoms with Crippen LogP contribution in [0.25, 0.3) is 22.4 Å². The molecule has 0 fully saturated rings. The van der Waals surface area contributed by atoms with Gasteiger partial charge >= 0.3 is 0 Å². The van der Waals surface area contributed by atoms with Crippen LogP contribution in [0.4, 0.5) is 0 Å². The summed E-state index contributed by atoms with van der Waals surface area (Å²) < 4.78 is 4.68. The van der Waals surface area contributed by atoms with E-state index in [4.69, 9.17) is 0 Å². The zero-order valence-corrected chi connectivity index (χ0v) is 7.27. The summed E-state index contributed by atoms with van der Waals surface area (Å²) in [6, 6.07) is 10.0. The highest BCUT2D eigenvalue weighted by Gasteiger charge is 2.05. The number of fused-ring (bicyclic) bond motifs is 1. The number of aromatic nitrogens is 3. The molecule has 1 N–H and O–H groups in total. The third kappa shape index (κ3) is 1.01. The van der Waals surface area contributed by atoms with E-state index in [0.717, 1.165) is 16.6 Å². The molecule has 0 saturated heterocycles. The molecule has 0 unspecified atom stereocenters. The molecule has 3 rings (SSSR count). The Balaban J connectivity index is 2.24. The van der Waals surface area contributed by atoms with Crippen LogP contribution in [-0.2, 0) is 0 Å². The summed E-state index contributed by atoms with van der Waals surface area (Å²) in [5.74, 6) is 0.584. The van der Waals surface area contributed by atoms with Gasteiger partial charge in [-0.25, -0.2) is 0 Å². The van der Waals surface area contributed by atoms with Crippen molar-refractivity contribution in [3.05, 3.63) is 36.7 Å². The predicted molar refractivity (Wildman–Crippen MR) is 51.6 cm³/mol. The number of H-pyrrole nitrogens is 1. The fraction of sp³-hybridized carbons (Fsp3) is 0. The highest BCUT2D eigenvalue weighted by atomic mass is 16.5. The van der Waals surface area contributed by atoms with Crippen LogP contribution in [0, 0.1) is 0 Å². The highest BCUT2D eigenvalue weighted by molar-refractivity contribution is 5.84. The summed E-state index contributed by atoms with van der Waals surface area (Å²) in [4.78, 5) is 7.19. The average Bonchev–Trinajstić information content (AvgIpc) is 2.86. The maximum absolute atomic E-state index is 4.68. The quantitative estimate of drug-likeness (QED) is 0.632.